The van der Waals surface area contributed by atoms with E-state index in [9.17, 15) is 10.2 Å². The second-order valence-corrected chi connectivity index (χ2v) is 39.7. The van der Waals surface area contributed by atoms with Crippen molar-refractivity contribution in [1.82, 2.24) is 0 Å². The molecular weight excluding hydrogens is 789 g/mol. The maximum Gasteiger partial charge on any atom is 0.192 e. The number of ether oxygens (including phenoxy) is 3. The highest BCUT2D eigenvalue weighted by Gasteiger charge is 2.56. The van der Waals surface area contributed by atoms with Crippen LogP contribution in [-0.2, 0) is 27.5 Å². The Kier molecular flexibility index (Phi) is 16.1. The van der Waals surface area contributed by atoms with Crippen LogP contribution in [0.15, 0.2) is 12.2 Å². The van der Waals surface area contributed by atoms with Crippen molar-refractivity contribution in [3.05, 3.63) is 12.2 Å². The zero-order valence-electron chi connectivity index (χ0n) is 42.6. The highest BCUT2D eigenvalue weighted by molar-refractivity contribution is 6.75. The number of hydrogen-bond acceptors (Lipinski definition) is 8. The summed E-state index contributed by atoms with van der Waals surface area (Å²) in [5.74, 6) is 0. The van der Waals surface area contributed by atoms with E-state index in [2.05, 4.69) is 150 Å². The molecule has 0 spiro atoms. The normalized spacial score (nSPS) is 32.1. The Hall–Kier alpha value is 0.0706. The molecule has 3 saturated heterocycles. The molecule has 3 heterocycles. The minimum atomic E-state index is -2.16. The quantitative estimate of drug-likeness (QED) is 0.110. The van der Waals surface area contributed by atoms with E-state index in [1.807, 2.05) is 6.92 Å². The Morgan fingerprint density at radius 1 is 0.661 bits per heavy atom. The van der Waals surface area contributed by atoms with Gasteiger partial charge in [-0.3, -0.25) is 0 Å². The molecule has 0 aliphatic carbocycles. The minimum Gasteiger partial charge on any atom is -0.409 e. The Morgan fingerprint density at radius 3 is 1.59 bits per heavy atom. The van der Waals surface area contributed by atoms with Crippen molar-refractivity contribution in [2.24, 2.45) is 0 Å². The van der Waals surface area contributed by atoms with Gasteiger partial charge in [-0.1, -0.05) is 68.9 Å². The summed E-state index contributed by atoms with van der Waals surface area (Å²) in [6.45, 7) is 53.8. The van der Waals surface area contributed by atoms with E-state index in [0.29, 0.717) is 25.7 Å². The third-order valence-corrected chi connectivity index (χ3v) is 30.2. The smallest absolute Gasteiger partial charge is 0.192 e. The lowest BCUT2D eigenvalue weighted by Gasteiger charge is -2.53. The third-order valence-electron chi connectivity index (χ3n) is 16.3. The Bertz CT molecular complexity index is 1420. The van der Waals surface area contributed by atoms with Crippen molar-refractivity contribution >= 4 is 25.0 Å². The molecule has 0 saturated carbocycles. The zero-order valence-corrected chi connectivity index (χ0v) is 45.6. The van der Waals surface area contributed by atoms with Crippen LogP contribution in [0.3, 0.4) is 0 Å². The topological polar surface area (TPSA) is 95.8 Å². The average Bonchev–Trinajstić information content (AvgIpc) is 3.65. The van der Waals surface area contributed by atoms with Crippen LogP contribution in [0.5, 0.6) is 0 Å². The average molecular weight is 886 g/mol. The molecule has 3 rings (SSSR count). The van der Waals surface area contributed by atoms with Crippen LogP contribution in [0.1, 0.15) is 175 Å². The maximum atomic E-state index is 11.6. The largest absolute Gasteiger partial charge is 0.409 e. The SMILES string of the molecule is C=C(CC[C@H](O)[C@@]1(C)CC[C@H](C(C)(C)O[Si](C)(C)C(C)(C)C)O1)[C@H](O)CC[C@H]1O[C@@H]([C@]2(C)CC[C@@H](C(C)(C)O[Si](C)(C)C(C)(C)C)O2)CC[C@]1(C)O[Si](C)(C)C(C)(C)C. The molecule has 3 fully saturated rings. The summed E-state index contributed by atoms with van der Waals surface area (Å²) in [5.41, 5.74) is -1.75. The summed E-state index contributed by atoms with van der Waals surface area (Å²) in [5, 5.41) is 23.4. The molecule has 11 heteroatoms. The summed E-state index contributed by atoms with van der Waals surface area (Å²) in [6.07, 6.45) is 5.43. The third kappa shape index (κ3) is 12.5. The molecular formula is C48H96O8Si3. The first-order chi connectivity index (χ1) is 26.1. The van der Waals surface area contributed by atoms with Gasteiger partial charge < -0.3 is 37.7 Å². The van der Waals surface area contributed by atoms with Crippen LogP contribution in [0.4, 0.5) is 0 Å². The van der Waals surface area contributed by atoms with Gasteiger partial charge in [0.15, 0.2) is 25.0 Å². The van der Waals surface area contributed by atoms with Gasteiger partial charge in [0.25, 0.3) is 0 Å². The Balaban J connectivity index is 1.70. The standard InChI is InChI=1S/C48H96O8Si3/c1-34(24-26-36(50)46(15)31-28-37(52-46)44(11,12)54-57(18,19)41(2,3)4)35(49)25-27-39-48(17,56-59(22,23)43(8,9)10)33-30-40(51-39)47(16)32-29-38(53-47)45(13,14)55-58(20,21)42(5,6)7/h35-40,49-50H,1,24-33H2,2-23H3/t35-,36+,37-,38+,39-,40-,46-,47+,48+/m1/s1. The fourth-order valence-corrected chi connectivity index (χ4v) is 14.1. The Morgan fingerprint density at radius 2 is 1.12 bits per heavy atom. The first-order valence-corrected chi connectivity index (χ1v) is 32.0. The summed E-state index contributed by atoms with van der Waals surface area (Å²) in [6, 6.07) is 0. The van der Waals surface area contributed by atoms with Crippen LogP contribution in [0.25, 0.3) is 0 Å². The fraction of sp³-hybridized carbons (Fsp3) is 0.958. The molecule has 348 valence electrons. The molecule has 0 bridgehead atoms. The highest BCUT2D eigenvalue weighted by Crippen LogP contribution is 2.50. The monoisotopic (exact) mass is 885 g/mol. The van der Waals surface area contributed by atoms with Gasteiger partial charge in [-0.2, -0.15) is 0 Å². The first kappa shape index (κ1) is 53.4. The molecule has 0 aromatic heterocycles. The molecule has 0 radical (unpaired) electrons. The predicted molar refractivity (Wildman–Crippen MR) is 254 cm³/mol. The predicted octanol–water partition coefficient (Wildman–Crippen LogP) is 12.6. The second-order valence-electron chi connectivity index (χ2n) is 25.5. The molecule has 0 aromatic rings. The van der Waals surface area contributed by atoms with Gasteiger partial charge in [-0.25, -0.2) is 0 Å². The minimum absolute atomic E-state index is 0.0224. The van der Waals surface area contributed by atoms with E-state index < -0.39 is 65.2 Å². The lowest BCUT2D eigenvalue weighted by atomic mass is 9.80. The molecule has 9 atom stereocenters. The molecule has 8 nitrogen and oxygen atoms in total. The van der Waals surface area contributed by atoms with Gasteiger partial charge in [-0.15, -0.1) is 0 Å². The van der Waals surface area contributed by atoms with Crippen molar-refractivity contribution in [2.45, 2.75) is 294 Å². The van der Waals surface area contributed by atoms with Gasteiger partial charge in [-0.05, 0) is 173 Å². The van der Waals surface area contributed by atoms with Gasteiger partial charge in [0.2, 0.25) is 0 Å². The van der Waals surface area contributed by atoms with E-state index >= 15 is 0 Å². The summed E-state index contributed by atoms with van der Waals surface area (Å²) in [7, 11) is -6.20. The molecule has 2 N–H and O–H groups in total. The fourth-order valence-electron chi connectivity index (χ4n) is 8.91. The lowest BCUT2D eigenvalue weighted by molar-refractivity contribution is -0.228. The van der Waals surface area contributed by atoms with E-state index in [4.69, 9.17) is 27.5 Å². The van der Waals surface area contributed by atoms with Gasteiger partial charge >= 0.3 is 0 Å². The number of aliphatic hydroxyl groups is 2. The van der Waals surface area contributed by atoms with Crippen LogP contribution < -0.4 is 0 Å². The number of aliphatic hydroxyl groups excluding tert-OH is 2. The van der Waals surface area contributed by atoms with Gasteiger partial charge in [0.1, 0.15) is 0 Å². The van der Waals surface area contributed by atoms with Crippen molar-refractivity contribution in [3.63, 3.8) is 0 Å². The molecule has 3 aliphatic heterocycles. The second kappa shape index (κ2) is 17.8. The highest BCUT2D eigenvalue weighted by atomic mass is 28.4. The number of hydrogen-bond donors (Lipinski definition) is 2. The Labute approximate surface area is 367 Å². The lowest BCUT2D eigenvalue weighted by Crippen LogP contribution is -2.60. The van der Waals surface area contributed by atoms with E-state index in [0.717, 1.165) is 44.1 Å². The van der Waals surface area contributed by atoms with Crippen molar-refractivity contribution in [3.8, 4) is 0 Å². The first-order valence-electron chi connectivity index (χ1n) is 23.3. The molecule has 3 aliphatic rings. The molecule has 0 amide bonds. The molecule has 0 unspecified atom stereocenters. The zero-order chi connectivity index (χ0) is 45.9. The van der Waals surface area contributed by atoms with E-state index in [1.54, 1.807) is 0 Å². The summed E-state index contributed by atoms with van der Waals surface area (Å²) in [4.78, 5) is 0. The van der Waals surface area contributed by atoms with Gasteiger partial charge in [0.05, 0.1) is 64.6 Å². The molecule has 59 heavy (non-hydrogen) atoms. The van der Waals surface area contributed by atoms with Gasteiger partial charge in [0, 0.05) is 0 Å². The van der Waals surface area contributed by atoms with E-state index in [1.165, 1.54) is 0 Å². The van der Waals surface area contributed by atoms with Crippen LogP contribution in [0, 0.1) is 0 Å². The van der Waals surface area contributed by atoms with E-state index in [-0.39, 0.29) is 39.5 Å². The van der Waals surface area contributed by atoms with Crippen LogP contribution in [-0.4, -0.2) is 99.8 Å². The summed E-state index contributed by atoms with van der Waals surface area (Å²) < 4.78 is 42.0. The number of rotatable bonds is 17. The molecule has 0 aromatic carbocycles. The van der Waals surface area contributed by atoms with Crippen molar-refractivity contribution < 1.29 is 37.7 Å². The summed E-state index contributed by atoms with van der Waals surface area (Å²) >= 11 is 0. The van der Waals surface area contributed by atoms with Crippen molar-refractivity contribution in [1.29, 1.82) is 0 Å². The maximum absolute atomic E-state index is 11.6. The van der Waals surface area contributed by atoms with Crippen molar-refractivity contribution in [2.75, 3.05) is 0 Å². The van der Waals surface area contributed by atoms with Crippen LogP contribution in [0.2, 0.25) is 54.4 Å². The van der Waals surface area contributed by atoms with Crippen LogP contribution >= 0.6 is 0 Å².